The Labute approximate surface area is 148 Å². The van der Waals surface area contributed by atoms with Crippen molar-refractivity contribution in [1.29, 1.82) is 0 Å². The molecule has 0 bridgehead atoms. The predicted molar refractivity (Wildman–Crippen MR) is 99.6 cm³/mol. The molecule has 0 N–H and O–H groups in total. The van der Waals surface area contributed by atoms with Crippen LogP contribution in [0.15, 0.2) is 23.3 Å². The van der Waals surface area contributed by atoms with Crippen molar-refractivity contribution in [3.63, 3.8) is 0 Å². The van der Waals surface area contributed by atoms with E-state index in [0.29, 0.717) is 16.7 Å². The first-order valence-electron chi connectivity index (χ1n) is 10.3. The number of carbonyl (C=O) groups excluding carboxylic acids is 1. The maximum atomic E-state index is 11.4. The molecule has 4 rings (SSSR count). The minimum absolute atomic E-state index is 0.220. The van der Waals surface area contributed by atoms with E-state index in [-0.39, 0.29) is 5.92 Å². The van der Waals surface area contributed by atoms with Crippen molar-refractivity contribution in [3.8, 4) is 0 Å². The van der Waals surface area contributed by atoms with Gasteiger partial charge in [0.25, 0.3) is 0 Å². The standard InChI is InChI=1S/C23H34O/c1-15-9-11-22(3)17(13-15)5-6-18-20-8-7-19(16(2)14-24)23(20,4)12-10-21(18)22/h5-6,14-16,19-21H,7-13H2,1-4H3/t15-,16-,19+,20-,21-,22-,23+/m0/s1. The smallest absolute Gasteiger partial charge is 0.123 e. The first kappa shape index (κ1) is 16.6. The van der Waals surface area contributed by atoms with Crippen LogP contribution in [-0.4, -0.2) is 6.29 Å². The highest BCUT2D eigenvalue weighted by molar-refractivity contribution is 5.54. The summed E-state index contributed by atoms with van der Waals surface area (Å²) in [5, 5.41) is 0. The molecule has 0 unspecified atom stereocenters. The number of hydrogen-bond donors (Lipinski definition) is 0. The van der Waals surface area contributed by atoms with Crippen LogP contribution >= 0.6 is 0 Å². The summed E-state index contributed by atoms with van der Waals surface area (Å²) in [6.07, 6.45) is 15.5. The second-order valence-corrected chi connectivity index (χ2v) is 9.95. The summed E-state index contributed by atoms with van der Waals surface area (Å²) in [5.41, 5.74) is 4.26. The SMILES string of the molecule is C[C@H]1CC[C@@]2(C)C(=CC=C3[C@@H]4CC[C@H]([C@@H](C)C=O)[C@@]4(C)CC[C@@H]32)C1. The summed E-state index contributed by atoms with van der Waals surface area (Å²) in [6, 6.07) is 0. The van der Waals surface area contributed by atoms with Gasteiger partial charge in [-0.15, -0.1) is 0 Å². The van der Waals surface area contributed by atoms with Gasteiger partial charge in [-0.05, 0) is 79.4 Å². The Morgan fingerprint density at radius 2 is 1.88 bits per heavy atom. The van der Waals surface area contributed by atoms with Gasteiger partial charge >= 0.3 is 0 Å². The van der Waals surface area contributed by atoms with Crippen LogP contribution in [0.1, 0.15) is 72.6 Å². The lowest BCUT2D eigenvalue weighted by molar-refractivity contribution is -0.113. The first-order valence-corrected chi connectivity index (χ1v) is 10.3. The quantitative estimate of drug-likeness (QED) is 0.572. The highest BCUT2D eigenvalue weighted by atomic mass is 16.1. The minimum atomic E-state index is 0.220. The molecule has 24 heavy (non-hydrogen) atoms. The van der Waals surface area contributed by atoms with Crippen LogP contribution in [0.2, 0.25) is 0 Å². The Bertz CT molecular complexity index is 599. The normalized spacial score (nSPS) is 48.5. The Hall–Kier alpha value is -0.850. The van der Waals surface area contributed by atoms with Crippen LogP contribution in [0.3, 0.4) is 0 Å². The minimum Gasteiger partial charge on any atom is -0.303 e. The number of fused-ring (bicyclic) bond motifs is 5. The third-order valence-electron chi connectivity index (χ3n) is 8.74. The molecule has 4 aliphatic rings. The van der Waals surface area contributed by atoms with Crippen molar-refractivity contribution in [2.24, 2.45) is 40.4 Å². The molecule has 4 aliphatic carbocycles. The van der Waals surface area contributed by atoms with Crippen molar-refractivity contribution in [2.45, 2.75) is 72.6 Å². The number of hydrogen-bond acceptors (Lipinski definition) is 1. The predicted octanol–water partition coefficient (Wildman–Crippen LogP) is 5.96. The molecule has 3 saturated carbocycles. The van der Waals surface area contributed by atoms with E-state index in [1.165, 1.54) is 51.2 Å². The summed E-state index contributed by atoms with van der Waals surface area (Å²) >= 11 is 0. The van der Waals surface area contributed by atoms with Gasteiger partial charge < -0.3 is 4.79 Å². The largest absolute Gasteiger partial charge is 0.303 e. The molecule has 7 atom stereocenters. The van der Waals surface area contributed by atoms with Gasteiger partial charge in [-0.2, -0.15) is 0 Å². The summed E-state index contributed by atoms with van der Waals surface area (Å²) in [7, 11) is 0. The van der Waals surface area contributed by atoms with Gasteiger partial charge in [0.1, 0.15) is 6.29 Å². The van der Waals surface area contributed by atoms with Gasteiger partial charge in [0.15, 0.2) is 0 Å². The Kier molecular flexibility index (Phi) is 3.86. The maximum absolute atomic E-state index is 11.4. The molecule has 0 radical (unpaired) electrons. The molecular weight excluding hydrogens is 292 g/mol. The van der Waals surface area contributed by atoms with E-state index in [1.807, 2.05) is 0 Å². The number of rotatable bonds is 2. The topological polar surface area (TPSA) is 17.1 Å². The zero-order valence-electron chi connectivity index (χ0n) is 16.0. The van der Waals surface area contributed by atoms with Crippen molar-refractivity contribution >= 4 is 6.29 Å². The van der Waals surface area contributed by atoms with E-state index in [1.54, 1.807) is 11.1 Å². The van der Waals surface area contributed by atoms with Crippen molar-refractivity contribution in [3.05, 3.63) is 23.3 Å². The van der Waals surface area contributed by atoms with Gasteiger partial charge in [-0.1, -0.05) is 51.0 Å². The molecule has 132 valence electrons. The molecule has 3 fully saturated rings. The van der Waals surface area contributed by atoms with Gasteiger partial charge in [-0.3, -0.25) is 0 Å². The average Bonchev–Trinajstić information content (AvgIpc) is 2.92. The van der Waals surface area contributed by atoms with Crippen LogP contribution in [-0.2, 0) is 4.79 Å². The molecule has 0 saturated heterocycles. The zero-order chi connectivity index (χ0) is 17.1. The summed E-state index contributed by atoms with van der Waals surface area (Å²) in [5.74, 6) is 3.16. The van der Waals surface area contributed by atoms with Crippen molar-refractivity contribution in [2.75, 3.05) is 0 Å². The van der Waals surface area contributed by atoms with Gasteiger partial charge in [-0.25, -0.2) is 0 Å². The Morgan fingerprint density at radius 3 is 2.62 bits per heavy atom. The van der Waals surface area contributed by atoms with E-state index in [9.17, 15) is 4.79 Å². The molecule has 1 heteroatoms. The van der Waals surface area contributed by atoms with Crippen molar-refractivity contribution < 1.29 is 4.79 Å². The third-order valence-corrected chi connectivity index (χ3v) is 8.74. The number of carbonyl (C=O) groups is 1. The lowest BCUT2D eigenvalue weighted by atomic mass is 9.49. The molecule has 0 aromatic rings. The fourth-order valence-electron chi connectivity index (χ4n) is 7.18. The van der Waals surface area contributed by atoms with Crippen LogP contribution < -0.4 is 0 Å². The van der Waals surface area contributed by atoms with Gasteiger partial charge in [0.05, 0.1) is 0 Å². The summed E-state index contributed by atoms with van der Waals surface area (Å²) < 4.78 is 0. The highest BCUT2D eigenvalue weighted by Crippen LogP contribution is 2.65. The molecule has 0 spiro atoms. The Morgan fingerprint density at radius 1 is 1.08 bits per heavy atom. The maximum Gasteiger partial charge on any atom is 0.123 e. The number of aldehydes is 1. The fourth-order valence-corrected chi connectivity index (χ4v) is 7.18. The summed E-state index contributed by atoms with van der Waals surface area (Å²) in [4.78, 5) is 11.4. The average molecular weight is 327 g/mol. The van der Waals surface area contributed by atoms with E-state index < -0.39 is 0 Å². The summed E-state index contributed by atoms with van der Waals surface area (Å²) in [6.45, 7) is 9.62. The molecule has 0 aliphatic heterocycles. The van der Waals surface area contributed by atoms with Crippen LogP contribution in [0.25, 0.3) is 0 Å². The lowest BCUT2D eigenvalue weighted by Crippen LogP contribution is -2.46. The second-order valence-electron chi connectivity index (χ2n) is 9.95. The molecule has 0 amide bonds. The fraction of sp³-hybridized carbons (Fsp3) is 0.783. The van der Waals surface area contributed by atoms with E-state index in [2.05, 4.69) is 39.8 Å². The lowest BCUT2D eigenvalue weighted by Gasteiger charge is -2.55. The van der Waals surface area contributed by atoms with Crippen LogP contribution in [0.4, 0.5) is 0 Å². The highest BCUT2D eigenvalue weighted by Gasteiger charge is 2.56. The van der Waals surface area contributed by atoms with E-state index in [0.717, 1.165) is 17.8 Å². The van der Waals surface area contributed by atoms with E-state index in [4.69, 9.17) is 0 Å². The molecular formula is C23H34O. The third kappa shape index (κ3) is 2.15. The second kappa shape index (κ2) is 5.58. The van der Waals surface area contributed by atoms with Crippen LogP contribution in [0.5, 0.6) is 0 Å². The molecule has 1 nitrogen and oxygen atoms in total. The van der Waals surface area contributed by atoms with Gasteiger partial charge in [0.2, 0.25) is 0 Å². The van der Waals surface area contributed by atoms with Crippen LogP contribution in [0, 0.1) is 40.4 Å². The van der Waals surface area contributed by atoms with E-state index >= 15 is 0 Å². The molecule has 0 aromatic heterocycles. The zero-order valence-corrected chi connectivity index (χ0v) is 16.0. The van der Waals surface area contributed by atoms with Crippen molar-refractivity contribution in [1.82, 2.24) is 0 Å². The monoisotopic (exact) mass is 326 g/mol. The number of allylic oxidation sites excluding steroid dienone is 4. The Balaban J connectivity index is 1.69. The van der Waals surface area contributed by atoms with Gasteiger partial charge in [0, 0.05) is 5.92 Å². The molecule has 0 heterocycles. The molecule has 0 aromatic carbocycles. The first-order chi connectivity index (χ1) is 11.4.